The van der Waals surface area contributed by atoms with Gasteiger partial charge < -0.3 is 19.9 Å². The Labute approximate surface area is 187 Å². The minimum atomic E-state index is -4.52. The normalized spacial score (nSPS) is 20.2. The first-order chi connectivity index (χ1) is 15.0. The number of amides is 2. The van der Waals surface area contributed by atoms with E-state index in [1.165, 1.54) is 6.07 Å². The molecule has 0 bridgehead atoms. The van der Waals surface area contributed by atoms with E-state index in [9.17, 15) is 22.8 Å². The average Bonchev–Trinajstić information content (AvgIpc) is 2.76. The number of alkyl halides is 3. The molecule has 1 unspecified atom stereocenters. The zero-order valence-corrected chi connectivity index (χ0v) is 18.9. The summed E-state index contributed by atoms with van der Waals surface area (Å²) in [6, 6.07) is 4.24. The van der Waals surface area contributed by atoms with E-state index in [0.717, 1.165) is 6.07 Å². The number of nitrogens with one attached hydrogen (secondary N) is 1. The molecule has 0 spiro atoms. The molecule has 1 aromatic rings. The number of piperidine rings is 1. The predicted octanol–water partition coefficient (Wildman–Crippen LogP) is 3.44. The highest BCUT2D eigenvalue weighted by atomic mass is 19.4. The number of carbonyl (C=O) groups is 2. The fourth-order valence-corrected chi connectivity index (χ4v) is 4.18. The minimum absolute atomic E-state index is 0.0203. The van der Waals surface area contributed by atoms with Gasteiger partial charge in [0, 0.05) is 43.8 Å². The first kappa shape index (κ1) is 24.4. The molecule has 2 amide bonds. The van der Waals surface area contributed by atoms with Crippen LogP contribution in [0.2, 0.25) is 0 Å². The number of hydrogen-bond donors (Lipinski definition) is 1. The monoisotopic (exact) mass is 455 g/mol. The van der Waals surface area contributed by atoms with Crippen LogP contribution in [0.4, 0.5) is 18.9 Å². The van der Waals surface area contributed by atoms with Crippen LogP contribution in [-0.4, -0.2) is 56.1 Å². The van der Waals surface area contributed by atoms with Gasteiger partial charge in [0.1, 0.15) is 0 Å². The van der Waals surface area contributed by atoms with Crippen LogP contribution in [0, 0.1) is 11.3 Å². The van der Waals surface area contributed by atoms with Gasteiger partial charge in [0.25, 0.3) is 0 Å². The molecule has 0 aliphatic carbocycles. The molecule has 0 aromatic heterocycles. The number of ether oxygens (including phenoxy) is 1. The van der Waals surface area contributed by atoms with Crippen LogP contribution in [0.5, 0.6) is 0 Å². The van der Waals surface area contributed by atoms with Crippen molar-refractivity contribution in [1.82, 2.24) is 10.2 Å². The smallest absolute Gasteiger partial charge is 0.378 e. The Morgan fingerprint density at radius 3 is 2.44 bits per heavy atom. The van der Waals surface area contributed by atoms with E-state index < -0.39 is 23.1 Å². The fourth-order valence-electron chi connectivity index (χ4n) is 4.18. The van der Waals surface area contributed by atoms with Crippen molar-refractivity contribution in [2.45, 2.75) is 46.3 Å². The van der Waals surface area contributed by atoms with Gasteiger partial charge in [-0.2, -0.15) is 13.2 Å². The lowest BCUT2D eigenvalue weighted by molar-refractivity contribution is -0.143. The van der Waals surface area contributed by atoms with E-state index in [1.807, 2.05) is 25.7 Å². The summed E-state index contributed by atoms with van der Waals surface area (Å²) in [6.45, 7) is 8.23. The molecule has 178 valence electrons. The maximum atomic E-state index is 13.7. The van der Waals surface area contributed by atoms with Gasteiger partial charge in [-0.3, -0.25) is 9.59 Å². The third kappa shape index (κ3) is 5.94. The van der Waals surface area contributed by atoms with Crippen LogP contribution in [-0.2, 0) is 27.0 Å². The Hall–Kier alpha value is -2.29. The summed E-state index contributed by atoms with van der Waals surface area (Å²) in [5, 5.41) is 2.67. The van der Waals surface area contributed by atoms with Gasteiger partial charge in [-0.1, -0.05) is 26.8 Å². The summed E-state index contributed by atoms with van der Waals surface area (Å²) in [5.41, 5.74) is -0.752. The second-order valence-electron chi connectivity index (χ2n) is 9.50. The van der Waals surface area contributed by atoms with Crippen molar-refractivity contribution in [2.24, 2.45) is 11.3 Å². The Kier molecular flexibility index (Phi) is 7.37. The van der Waals surface area contributed by atoms with Gasteiger partial charge in [-0.15, -0.1) is 0 Å². The second-order valence-corrected chi connectivity index (χ2v) is 9.50. The van der Waals surface area contributed by atoms with Crippen molar-refractivity contribution in [2.75, 3.05) is 44.3 Å². The van der Waals surface area contributed by atoms with Crippen molar-refractivity contribution in [3.05, 3.63) is 29.3 Å². The Morgan fingerprint density at radius 2 is 1.81 bits per heavy atom. The molecule has 1 atom stereocenters. The van der Waals surface area contributed by atoms with Gasteiger partial charge in [0.05, 0.1) is 24.7 Å². The molecule has 1 aromatic carbocycles. The highest BCUT2D eigenvalue weighted by Crippen LogP contribution is 2.35. The van der Waals surface area contributed by atoms with Gasteiger partial charge >= 0.3 is 6.18 Å². The standard InChI is InChI=1S/C23H32F3N3O3/c1-22(2,3)21(31)29-8-4-5-17(15-29)20(30)27-14-16-6-7-18(13-19(16)23(24,25)26)28-9-11-32-12-10-28/h6-7,13,17H,4-5,8-12,14-15H2,1-3H3,(H,27,30). The molecule has 2 heterocycles. The number of carbonyl (C=O) groups excluding carboxylic acids is 2. The number of hydrogen-bond acceptors (Lipinski definition) is 4. The fraction of sp³-hybridized carbons (Fsp3) is 0.652. The van der Waals surface area contributed by atoms with Crippen LogP contribution in [0.15, 0.2) is 18.2 Å². The van der Waals surface area contributed by atoms with Crippen molar-refractivity contribution >= 4 is 17.5 Å². The topological polar surface area (TPSA) is 61.9 Å². The van der Waals surface area contributed by atoms with E-state index >= 15 is 0 Å². The van der Waals surface area contributed by atoms with Gasteiger partial charge in [0.15, 0.2) is 0 Å². The van der Waals surface area contributed by atoms with Gasteiger partial charge in [0.2, 0.25) is 11.8 Å². The molecule has 6 nitrogen and oxygen atoms in total. The number of morpholine rings is 1. The van der Waals surface area contributed by atoms with Crippen molar-refractivity contribution in [3.8, 4) is 0 Å². The van der Waals surface area contributed by atoms with Crippen molar-refractivity contribution in [1.29, 1.82) is 0 Å². The molecule has 2 fully saturated rings. The highest BCUT2D eigenvalue weighted by Gasteiger charge is 2.36. The third-order valence-corrected chi connectivity index (χ3v) is 5.95. The third-order valence-electron chi connectivity index (χ3n) is 5.95. The second kappa shape index (κ2) is 9.68. The van der Waals surface area contributed by atoms with Gasteiger partial charge in [-0.05, 0) is 30.5 Å². The van der Waals surface area contributed by atoms with Crippen molar-refractivity contribution in [3.63, 3.8) is 0 Å². The molecule has 2 aliphatic rings. The molecular formula is C23H32F3N3O3. The summed E-state index contributed by atoms with van der Waals surface area (Å²) in [7, 11) is 0. The zero-order valence-electron chi connectivity index (χ0n) is 18.9. The molecule has 0 radical (unpaired) electrons. The van der Waals surface area contributed by atoms with Crippen LogP contribution in [0.1, 0.15) is 44.7 Å². The molecule has 9 heteroatoms. The van der Waals surface area contributed by atoms with Crippen molar-refractivity contribution < 1.29 is 27.5 Å². The number of likely N-dealkylation sites (tertiary alicyclic amines) is 1. The quantitative estimate of drug-likeness (QED) is 0.756. The number of anilines is 1. The van der Waals surface area contributed by atoms with E-state index in [1.54, 1.807) is 11.0 Å². The molecule has 2 saturated heterocycles. The molecule has 0 saturated carbocycles. The Morgan fingerprint density at radius 1 is 1.12 bits per heavy atom. The molecule has 1 N–H and O–H groups in total. The maximum absolute atomic E-state index is 13.7. The van der Waals surface area contributed by atoms with E-state index in [0.29, 0.717) is 57.9 Å². The number of halogens is 3. The summed E-state index contributed by atoms with van der Waals surface area (Å²) < 4.78 is 46.4. The SMILES string of the molecule is CC(C)(C)C(=O)N1CCCC(C(=O)NCc2ccc(N3CCOCC3)cc2C(F)(F)F)C1. The molecule has 3 rings (SSSR count). The zero-order chi connectivity index (χ0) is 23.5. The average molecular weight is 456 g/mol. The van der Waals surface area contributed by atoms with E-state index in [-0.39, 0.29) is 23.9 Å². The largest absolute Gasteiger partial charge is 0.416 e. The van der Waals surface area contributed by atoms with Crippen LogP contribution in [0.3, 0.4) is 0 Å². The molecule has 32 heavy (non-hydrogen) atoms. The van der Waals surface area contributed by atoms with E-state index in [2.05, 4.69) is 5.32 Å². The van der Waals surface area contributed by atoms with E-state index in [4.69, 9.17) is 4.74 Å². The molecule has 2 aliphatic heterocycles. The minimum Gasteiger partial charge on any atom is -0.378 e. The first-order valence-corrected chi connectivity index (χ1v) is 11.1. The summed E-state index contributed by atoms with van der Waals surface area (Å²) in [6.07, 6.45) is -3.22. The number of benzene rings is 1. The highest BCUT2D eigenvalue weighted by molar-refractivity contribution is 5.84. The predicted molar refractivity (Wildman–Crippen MR) is 115 cm³/mol. The number of rotatable bonds is 4. The van der Waals surface area contributed by atoms with Crippen LogP contribution >= 0.6 is 0 Å². The molecular weight excluding hydrogens is 423 g/mol. The Balaban J connectivity index is 1.67. The number of nitrogens with zero attached hydrogens (tertiary/aromatic N) is 2. The Bertz CT molecular complexity index is 830. The van der Waals surface area contributed by atoms with Crippen LogP contribution < -0.4 is 10.2 Å². The lowest BCUT2D eigenvalue weighted by atomic mass is 9.91. The lowest BCUT2D eigenvalue weighted by Crippen LogP contribution is -2.48. The summed E-state index contributed by atoms with van der Waals surface area (Å²) in [5.74, 6) is -0.758. The summed E-state index contributed by atoms with van der Waals surface area (Å²) in [4.78, 5) is 28.8. The van der Waals surface area contributed by atoms with Gasteiger partial charge in [-0.25, -0.2) is 0 Å². The maximum Gasteiger partial charge on any atom is 0.416 e. The summed E-state index contributed by atoms with van der Waals surface area (Å²) >= 11 is 0. The first-order valence-electron chi connectivity index (χ1n) is 11.1. The lowest BCUT2D eigenvalue weighted by Gasteiger charge is -2.36. The van der Waals surface area contributed by atoms with Crippen LogP contribution in [0.25, 0.3) is 0 Å².